The number of hydrogen-bond donors (Lipinski definition) is 1. The number of pyridine rings is 1. The van der Waals surface area contributed by atoms with Crippen molar-refractivity contribution in [3.05, 3.63) is 48.3 Å². The van der Waals surface area contributed by atoms with Gasteiger partial charge < -0.3 is 10.0 Å². The summed E-state index contributed by atoms with van der Waals surface area (Å²) in [4.78, 5) is 16.0. The molecule has 1 aliphatic heterocycles. The van der Waals surface area contributed by atoms with Crippen LogP contribution in [-0.4, -0.2) is 39.3 Å². The van der Waals surface area contributed by atoms with E-state index in [-0.39, 0.29) is 12.6 Å². The Labute approximate surface area is 141 Å². The highest BCUT2D eigenvalue weighted by Crippen LogP contribution is 2.26. The molecule has 1 aliphatic rings. The fourth-order valence-corrected chi connectivity index (χ4v) is 3.38. The summed E-state index contributed by atoms with van der Waals surface area (Å²) in [5, 5.41) is 10.5. The number of anilines is 1. The number of aliphatic hydroxyl groups is 1. The van der Waals surface area contributed by atoms with Crippen LogP contribution in [0, 0.1) is 6.92 Å². The third-order valence-corrected chi connectivity index (χ3v) is 4.68. The first kappa shape index (κ1) is 15.0. The van der Waals surface area contributed by atoms with Gasteiger partial charge in [-0.25, -0.2) is 15.0 Å². The summed E-state index contributed by atoms with van der Waals surface area (Å²) in [5.74, 6) is 1.61. The number of nitrogens with zero attached hydrogens (tertiary/aromatic N) is 4. The Morgan fingerprint density at radius 2 is 2.04 bits per heavy atom. The number of fused-ring (bicyclic) bond motifs is 1. The topological polar surface area (TPSA) is 62.1 Å². The molecule has 0 aliphatic carbocycles. The number of benzene rings is 1. The highest BCUT2D eigenvalue weighted by Gasteiger charge is 2.24. The Balaban J connectivity index is 1.68. The van der Waals surface area contributed by atoms with Crippen molar-refractivity contribution >= 4 is 16.7 Å². The number of hydrogen-bond acceptors (Lipinski definition) is 5. The summed E-state index contributed by atoms with van der Waals surface area (Å²) < 4.78 is 0. The molecule has 3 heterocycles. The first-order valence-electron chi connectivity index (χ1n) is 8.33. The number of aryl methyl sites for hydroxylation is 1. The van der Waals surface area contributed by atoms with E-state index in [0.717, 1.165) is 47.4 Å². The van der Waals surface area contributed by atoms with Gasteiger partial charge in [0.2, 0.25) is 0 Å². The average molecular weight is 320 g/mol. The zero-order chi connectivity index (χ0) is 16.5. The van der Waals surface area contributed by atoms with Gasteiger partial charge in [0.05, 0.1) is 18.2 Å². The summed E-state index contributed by atoms with van der Waals surface area (Å²) in [5.41, 5.74) is 2.83. The fraction of sp³-hybridized carbons (Fsp3) is 0.316. The molecule has 2 aromatic heterocycles. The molecule has 0 spiro atoms. The van der Waals surface area contributed by atoms with Gasteiger partial charge in [0.15, 0.2) is 5.82 Å². The molecule has 0 radical (unpaired) electrons. The number of para-hydroxylation sites is 1. The molecular weight excluding hydrogens is 300 g/mol. The normalized spacial score (nSPS) is 17.6. The molecule has 0 amide bonds. The van der Waals surface area contributed by atoms with Gasteiger partial charge in [0, 0.05) is 29.4 Å². The Morgan fingerprint density at radius 1 is 1.17 bits per heavy atom. The summed E-state index contributed by atoms with van der Waals surface area (Å²) in [6.45, 7) is 3.13. The molecule has 0 saturated carbocycles. The van der Waals surface area contributed by atoms with Crippen LogP contribution in [0.4, 0.5) is 5.82 Å². The molecule has 1 aromatic carbocycles. The highest BCUT2D eigenvalue weighted by atomic mass is 16.3. The zero-order valence-electron chi connectivity index (χ0n) is 13.7. The summed E-state index contributed by atoms with van der Waals surface area (Å²) in [6.07, 6.45) is 3.94. The molecule has 5 nitrogen and oxygen atoms in total. The second-order valence-corrected chi connectivity index (χ2v) is 6.23. The quantitative estimate of drug-likeness (QED) is 0.804. The highest BCUT2D eigenvalue weighted by molar-refractivity contribution is 5.82. The lowest BCUT2D eigenvalue weighted by Gasteiger charge is -2.24. The van der Waals surface area contributed by atoms with E-state index >= 15 is 0 Å². The van der Waals surface area contributed by atoms with Crippen molar-refractivity contribution in [2.24, 2.45) is 0 Å². The monoisotopic (exact) mass is 320 g/mol. The average Bonchev–Trinajstić information content (AvgIpc) is 3.10. The van der Waals surface area contributed by atoms with Gasteiger partial charge in [-0.1, -0.05) is 18.2 Å². The summed E-state index contributed by atoms with van der Waals surface area (Å²) >= 11 is 0. The molecule has 122 valence electrons. The Bertz CT molecular complexity index is 863. The first-order chi connectivity index (χ1) is 11.8. The minimum absolute atomic E-state index is 0.177. The smallest absolute Gasteiger partial charge is 0.161 e. The molecule has 3 aromatic rings. The summed E-state index contributed by atoms with van der Waals surface area (Å²) in [7, 11) is 0. The van der Waals surface area contributed by atoms with Gasteiger partial charge in [-0.3, -0.25) is 0 Å². The van der Waals surface area contributed by atoms with Crippen molar-refractivity contribution in [1.29, 1.82) is 0 Å². The first-order valence-corrected chi connectivity index (χ1v) is 8.33. The van der Waals surface area contributed by atoms with Crippen LogP contribution in [-0.2, 0) is 0 Å². The lowest BCUT2D eigenvalue weighted by molar-refractivity contribution is 0.266. The van der Waals surface area contributed by atoms with Crippen LogP contribution < -0.4 is 4.90 Å². The number of aromatic nitrogens is 3. The SMILES string of the molecule is Cc1nc(-c2ccc(N3CCCC3CO)nc2)nc2ccccc12. The summed E-state index contributed by atoms with van der Waals surface area (Å²) in [6, 6.07) is 12.2. The molecule has 1 unspecified atom stereocenters. The van der Waals surface area contributed by atoms with Crippen LogP contribution in [0.1, 0.15) is 18.5 Å². The van der Waals surface area contributed by atoms with E-state index < -0.39 is 0 Å². The van der Waals surface area contributed by atoms with Crippen LogP contribution in [0.25, 0.3) is 22.3 Å². The minimum Gasteiger partial charge on any atom is -0.394 e. The van der Waals surface area contributed by atoms with Crippen LogP contribution in [0.15, 0.2) is 42.6 Å². The Hall–Kier alpha value is -2.53. The minimum atomic E-state index is 0.177. The standard InChI is InChI=1S/C19H20N4O/c1-13-16-6-2-3-7-17(16)22-19(21-13)14-8-9-18(20-11-14)23-10-4-5-15(23)12-24/h2-3,6-9,11,15,24H,4-5,10,12H2,1H3. The van der Waals surface area contributed by atoms with Crippen LogP contribution in [0.5, 0.6) is 0 Å². The van der Waals surface area contributed by atoms with Gasteiger partial charge in [-0.2, -0.15) is 0 Å². The van der Waals surface area contributed by atoms with Crippen molar-refractivity contribution < 1.29 is 5.11 Å². The molecule has 1 fully saturated rings. The predicted molar refractivity (Wildman–Crippen MR) is 95.0 cm³/mol. The van der Waals surface area contributed by atoms with Crippen LogP contribution >= 0.6 is 0 Å². The third kappa shape index (κ3) is 2.61. The lowest BCUT2D eigenvalue weighted by Crippen LogP contribution is -2.32. The number of rotatable bonds is 3. The lowest BCUT2D eigenvalue weighted by atomic mass is 10.1. The van der Waals surface area contributed by atoms with Gasteiger partial charge in [0.25, 0.3) is 0 Å². The molecule has 0 bridgehead atoms. The van der Waals surface area contributed by atoms with Crippen molar-refractivity contribution in [2.45, 2.75) is 25.8 Å². The second-order valence-electron chi connectivity index (χ2n) is 6.23. The van der Waals surface area contributed by atoms with E-state index in [0.29, 0.717) is 5.82 Å². The van der Waals surface area contributed by atoms with Crippen molar-refractivity contribution in [2.75, 3.05) is 18.1 Å². The van der Waals surface area contributed by atoms with E-state index in [4.69, 9.17) is 0 Å². The third-order valence-electron chi connectivity index (χ3n) is 4.68. The largest absolute Gasteiger partial charge is 0.394 e. The molecule has 1 N–H and O–H groups in total. The molecule has 4 rings (SSSR count). The maximum absolute atomic E-state index is 9.47. The second kappa shape index (κ2) is 6.17. The van der Waals surface area contributed by atoms with E-state index in [1.165, 1.54) is 0 Å². The molecule has 1 saturated heterocycles. The molecular formula is C19H20N4O. The molecule has 24 heavy (non-hydrogen) atoms. The van der Waals surface area contributed by atoms with Crippen molar-refractivity contribution in [3.8, 4) is 11.4 Å². The fourth-order valence-electron chi connectivity index (χ4n) is 3.38. The van der Waals surface area contributed by atoms with E-state index in [1.807, 2.05) is 49.5 Å². The van der Waals surface area contributed by atoms with Crippen molar-refractivity contribution in [3.63, 3.8) is 0 Å². The maximum Gasteiger partial charge on any atom is 0.161 e. The zero-order valence-corrected chi connectivity index (χ0v) is 13.7. The maximum atomic E-state index is 9.47. The molecule has 5 heteroatoms. The number of aliphatic hydroxyl groups excluding tert-OH is 1. The molecule has 1 atom stereocenters. The van der Waals surface area contributed by atoms with Gasteiger partial charge in [-0.05, 0) is 38.0 Å². The van der Waals surface area contributed by atoms with Crippen LogP contribution in [0.2, 0.25) is 0 Å². The van der Waals surface area contributed by atoms with Gasteiger partial charge in [-0.15, -0.1) is 0 Å². The van der Waals surface area contributed by atoms with Crippen LogP contribution in [0.3, 0.4) is 0 Å². The van der Waals surface area contributed by atoms with E-state index in [2.05, 4.69) is 19.9 Å². The Morgan fingerprint density at radius 3 is 2.83 bits per heavy atom. The van der Waals surface area contributed by atoms with Gasteiger partial charge in [0.1, 0.15) is 5.82 Å². The van der Waals surface area contributed by atoms with Gasteiger partial charge >= 0.3 is 0 Å². The van der Waals surface area contributed by atoms with E-state index in [1.54, 1.807) is 0 Å². The Kier molecular flexibility index (Phi) is 3.86. The predicted octanol–water partition coefficient (Wildman–Crippen LogP) is 2.96. The van der Waals surface area contributed by atoms with E-state index in [9.17, 15) is 5.11 Å². The van der Waals surface area contributed by atoms with Crippen molar-refractivity contribution in [1.82, 2.24) is 15.0 Å².